The number of rotatable bonds is 8. The van der Waals surface area contributed by atoms with E-state index in [9.17, 15) is 0 Å². The van der Waals surface area contributed by atoms with Crippen LogP contribution in [0.1, 0.15) is 12.5 Å². The van der Waals surface area contributed by atoms with E-state index in [0.717, 1.165) is 43.5 Å². The number of thioether (sulfide) groups is 1. The average molecular weight is 331 g/mol. The van der Waals surface area contributed by atoms with Gasteiger partial charge in [0.2, 0.25) is 0 Å². The van der Waals surface area contributed by atoms with Crippen LogP contribution in [0.15, 0.2) is 47.7 Å². The summed E-state index contributed by atoms with van der Waals surface area (Å²) in [6, 6.07) is 10.2. The van der Waals surface area contributed by atoms with Gasteiger partial charge in [-0.2, -0.15) is 16.9 Å². The van der Waals surface area contributed by atoms with E-state index in [4.69, 9.17) is 0 Å². The standard InChI is InChI=1S/C17H25N5S/c1-3-18-17(20-11-12-23-2)19-10-9-15-13-21-22(14-15)16-7-5-4-6-8-16/h4-8,13-14H,3,9-12H2,1-2H3,(H2,18,19,20). The van der Waals surface area contributed by atoms with Crippen LogP contribution in [0.25, 0.3) is 5.69 Å². The molecule has 0 radical (unpaired) electrons. The highest BCUT2D eigenvalue weighted by Gasteiger charge is 2.02. The largest absolute Gasteiger partial charge is 0.357 e. The van der Waals surface area contributed by atoms with Gasteiger partial charge in [0, 0.05) is 25.0 Å². The van der Waals surface area contributed by atoms with Crippen LogP contribution in [0, 0.1) is 0 Å². The van der Waals surface area contributed by atoms with Gasteiger partial charge < -0.3 is 10.6 Å². The Morgan fingerprint density at radius 1 is 1.26 bits per heavy atom. The first-order valence-electron chi connectivity index (χ1n) is 7.93. The molecule has 0 unspecified atom stereocenters. The van der Waals surface area contributed by atoms with Gasteiger partial charge in [0.05, 0.1) is 18.4 Å². The third kappa shape index (κ3) is 5.98. The first kappa shape index (κ1) is 17.4. The van der Waals surface area contributed by atoms with Crippen molar-refractivity contribution >= 4 is 17.7 Å². The zero-order valence-electron chi connectivity index (χ0n) is 13.8. The molecule has 0 fully saturated rings. The SMILES string of the molecule is CCNC(=NCCSC)NCCc1cnn(-c2ccccc2)c1. The number of hydrogen-bond acceptors (Lipinski definition) is 3. The van der Waals surface area contributed by atoms with Crippen molar-refractivity contribution in [2.24, 2.45) is 4.99 Å². The van der Waals surface area contributed by atoms with Crippen molar-refractivity contribution in [1.82, 2.24) is 20.4 Å². The molecular weight excluding hydrogens is 306 g/mol. The lowest BCUT2D eigenvalue weighted by atomic mass is 10.2. The molecule has 1 aromatic carbocycles. The Balaban J connectivity index is 1.83. The van der Waals surface area contributed by atoms with Crippen molar-refractivity contribution in [3.8, 4) is 5.69 Å². The Labute approximate surface area is 142 Å². The van der Waals surface area contributed by atoms with Crippen molar-refractivity contribution in [2.75, 3.05) is 31.6 Å². The zero-order valence-corrected chi connectivity index (χ0v) is 14.6. The first-order chi connectivity index (χ1) is 11.3. The van der Waals surface area contributed by atoms with Gasteiger partial charge in [0.1, 0.15) is 0 Å². The van der Waals surface area contributed by atoms with Crippen molar-refractivity contribution in [3.63, 3.8) is 0 Å². The van der Waals surface area contributed by atoms with Crippen molar-refractivity contribution < 1.29 is 0 Å². The molecule has 0 bridgehead atoms. The molecule has 0 saturated heterocycles. The molecule has 0 aliphatic rings. The monoisotopic (exact) mass is 331 g/mol. The van der Waals surface area contributed by atoms with E-state index in [2.05, 4.69) is 52.2 Å². The van der Waals surface area contributed by atoms with Crippen LogP contribution in [0.4, 0.5) is 0 Å². The number of para-hydroxylation sites is 1. The summed E-state index contributed by atoms with van der Waals surface area (Å²) in [5.74, 6) is 1.93. The van der Waals surface area contributed by atoms with E-state index >= 15 is 0 Å². The Kier molecular flexibility index (Phi) is 7.52. The second kappa shape index (κ2) is 9.94. The van der Waals surface area contributed by atoms with Crippen molar-refractivity contribution in [1.29, 1.82) is 0 Å². The summed E-state index contributed by atoms with van der Waals surface area (Å²) in [5, 5.41) is 11.1. The van der Waals surface area contributed by atoms with E-state index < -0.39 is 0 Å². The van der Waals surface area contributed by atoms with Gasteiger partial charge in [-0.05, 0) is 37.3 Å². The number of aliphatic imine (C=N–C) groups is 1. The fraction of sp³-hybridized carbons (Fsp3) is 0.412. The molecular formula is C17H25N5S. The number of guanidine groups is 1. The van der Waals surface area contributed by atoms with Crippen LogP contribution in [0.5, 0.6) is 0 Å². The van der Waals surface area contributed by atoms with E-state index in [1.54, 1.807) is 0 Å². The number of benzene rings is 1. The topological polar surface area (TPSA) is 54.2 Å². The van der Waals surface area contributed by atoms with Gasteiger partial charge in [-0.1, -0.05) is 18.2 Å². The van der Waals surface area contributed by atoms with Gasteiger partial charge in [-0.3, -0.25) is 4.99 Å². The summed E-state index contributed by atoms with van der Waals surface area (Å²) < 4.78 is 1.91. The molecule has 0 aliphatic heterocycles. The van der Waals surface area contributed by atoms with E-state index in [0.29, 0.717) is 0 Å². The minimum atomic E-state index is 0.836. The maximum atomic E-state index is 4.54. The van der Waals surface area contributed by atoms with E-state index in [1.807, 2.05) is 40.8 Å². The molecule has 1 heterocycles. The Bertz CT molecular complexity index is 594. The zero-order chi connectivity index (χ0) is 16.3. The van der Waals surface area contributed by atoms with Gasteiger partial charge in [0.15, 0.2) is 5.96 Å². The molecule has 1 aromatic heterocycles. The van der Waals surface area contributed by atoms with Crippen LogP contribution in [-0.4, -0.2) is 47.4 Å². The molecule has 124 valence electrons. The Morgan fingerprint density at radius 2 is 2.09 bits per heavy atom. The minimum absolute atomic E-state index is 0.836. The summed E-state index contributed by atoms with van der Waals surface area (Å²) in [4.78, 5) is 4.54. The fourth-order valence-corrected chi connectivity index (χ4v) is 2.40. The molecule has 0 saturated carbocycles. The van der Waals surface area contributed by atoms with Crippen molar-refractivity contribution in [2.45, 2.75) is 13.3 Å². The summed E-state index contributed by atoms with van der Waals surface area (Å²) in [5.41, 5.74) is 2.29. The molecule has 0 spiro atoms. The lowest BCUT2D eigenvalue weighted by molar-refractivity contribution is 0.803. The molecule has 0 atom stereocenters. The van der Waals surface area contributed by atoms with Crippen molar-refractivity contribution in [3.05, 3.63) is 48.3 Å². The van der Waals surface area contributed by atoms with Crippen LogP contribution in [0.2, 0.25) is 0 Å². The maximum absolute atomic E-state index is 4.54. The van der Waals surface area contributed by atoms with E-state index in [-0.39, 0.29) is 0 Å². The third-order valence-electron chi connectivity index (χ3n) is 3.27. The normalized spacial score (nSPS) is 11.5. The Morgan fingerprint density at radius 3 is 2.83 bits per heavy atom. The lowest BCUT2D eigenvalue weighted by Crippen LogP contribution is -2.38. The van der Waals surface area contributed by atoms with Crippen LogP contribution < -0.4 is 10.6 Å². The predicted molar refractivity (Wildman–Crippen MR) is 99.6 cm³/mol. The van der Waals surface area contributed by atoms with Crippen LogP contribution in [0.3, 0.4) is 0 Å². The summed E-state index contributed by atoms with van der Waals surface area (Å²) in [6.07, 6.45) is 7.02. The molecule has 6 heteroatoms. The quantitative estimate of drug-likeness (QED) is 0.443. The molecule has 2 rings (SSSR count). The highest BCUT2D eigenvalue weighted by molar-refractivity contribution is 7.98. The summed E-state index contributed by atoms with van der Waals surface area (Å²) in [7, 11) is 0. The highest BCUT2D eigenvalue weighted by Crippen LogP contribution is 2.07. The smallest absolute Gasteiger partial charge is 0.191 e. The van der Waals surface area contributed by atoms with Crippen LogP contribution >= 0.6 is 11.8 Å². The third-order valence-corrected chi connectivity index (χ3v) is 3.86. The van der Waals surface area contributed by atoms with Crippen LogP contribution in [-0.2, 0) is 6.42 Å². The number of nitrogens with one attached hydrogen (secondary N) is 2. The molecule has 23 heavy (non-hydrogen) atoms. The fourth-order valence-electron chi connectivity index (χ4n) is 2.13. The number of aromatic nitrogens is 2. The predicted octanol–water partition coefficient (Wildman–Crippen LogP) is 2.33. The molecule has 5 nitrogen and oxygen atoms in total. The minimum Gasteiger partial charge on any atom is -0.357 e. The highest BCUT2D eigenvalue weighted by atomic mass is 32.2. The molecule has 2 N–H and O–H groups in total. The molecule has 0 amide bonds. The number of hydrogen-bond donors (Lipinski definition) is 2. The summed E-state index contributed by atoms with van der Waals surface area (Å²) in [6.45, 7) is 4.63. The first-order valence-corrected chi connectivity index (χ1v) is 9.33. The Hall–Kier alpha value is -1.95. The van der Waals surface area contributed by atoms with Gasteiger partial charge >= 0.3 is 0 Å². The molecule has 2 aromatic rings. The van der Waals surface area contributed by atoms with Gasteiger partial charge in [-0.15, -0.1) is 0 Å². The maximum Gasteiger partial charge on any atom is 0.191 e. The number of nitrogens with zero attached hydrogens (tertiary/aromatic N) is 3. The summed E-state index contributed by atoms with van der Waals surface area (Å²) >= 11 is 1.81. The van der Waals surface area contributed by atoms with E-state index in [1.165, 1.54) is 5.56 Å². The van der Waals surface area contributed by atoms with Gasteiger partial charge in [-0.25, -0.2) is 4.68 Å². The second-order valence-corrected chi connectivity index (χ2v) is 6.04. The average Bonchev–Trinajstić information content (AvgIpc) is 3.05. The molecule has 0 aliphatic carbocycles. The van der Waals surface area contributed by atoms with Gasteiger partial charge in [0.25, 0.3) is 0 Å². The second-order valence-electron chi connectivity index (χ2n) is 5.06. The lowest BCUT2D eigenvalue weighted by Gasteiger charge is -2.10.